The van der Waals surface area contributed by atoms with Crippen molar-refractivity contribution in [1.29, 1.82) is 0 Å². The Bertz CT molecular complexity index is 624. The molecule has 1 atom stereocenters. The van der Waals surface area contributed by atoms with E-state index in [-0.39, 0.29) is 29.7 Å². The Balaban J connectivity index is 1.87. The summed E-state index contributed by atoms with van der Waals surface area (Å²) in [6.45, 7) is 7.82. The number of likely N-dealkylation sites (tertiary alicyclic amines) is 1. The zero-order chi connectivity index (χ0) is 19.8. The Morgan fingerprint density at radius 2 is 2.00 bits per heavy atom. The average Bonchev–Trinajstić information content (AvgIpc) is 3.22. The van der Waals surface area contributed by atoms with Crippen LogP contribution in [-0.2, 0) is 14.3 Å². The first-order chi connectivity index (χ1) is 13.0. The van der Waals surface area contributed by atoms with Crippen LogP contribution in [0.3, 0.4) is 0 Å². The molecule has 1 aromatic rings. The number of ether oxygens (including phenoxy) is 1. The molecule has 0 spiro atoms. The van der Waals surface area contributed by atoms with E-state index in [1.165, 1.54) is 11.3 Å². The maximum atomic E-state index is 12.7. The molecule has 0 radical (unpaired) electrons. The first kappa shape index (κ1) is 21.4. The van der Waals surface area contributed by atoms with E-state index in [4.69, 9.17) is 4.74 Å². The predicted octanol–water partition coefficient (Wildman–Crippen LogP) is 3.18. The van der Waals surface area contributed by atoms with Gasteiger partial charge in [-0.25, -0.2) is 0 Å². The summed E-state index contributed by atoms with van der Waals surface area (Å²) in [5.41, 5.74) is 0. The fourth-order valence-electron chi connectivity index (χ4n) is 3.28. The van der Waals surface area contributed by atoms with Crippen LogP contribution >= 0.6 is 11.3 Å². The van der Waals surface area contributed by atoms with Gasteiger partial charge >= 0.3 is 5.97 Å². The average molecular weight is 395 g/mol. The summed E-state index contributed by atoms with van der Waals surface area (Å²) >= 11 is 1.43. The van der Waals surface area contributed by atoms with Crippen LogP contribution in [0.15, 0.2) is 17.5 Å². The van der Waals surface area contributed by atoms with E-state index in [1.807, 2.05) is 31.4 Å². The number of hydrogen-bond acceptors (Lipinski definition) is 5. The summed E-state index contributed by atoms with van der Waals surface area (Å²) in [6, 6.07) is 3.78. The van der Waals surface area contributed by atoms with Gasteiger partial charge in [0, 0.05) is 32.1 Å². The van der Waals surface area contributed by atoms with Crippen LogP contribution in [0.2, 0.25) is 0 Å². The lowest BCUT2D eigenvalue weighted by molar-refractivity contribution is -0.151. The Morgan fingerprint density at radius 1 is 1.30 bits per heavy atom. The van der Waals surface area contributed by atoms with Crippen molar-refractivity contribution in [1.82, 2.24) is 9.80 Å². The van der Waals surface area contributed by atoms with Gasteiger partial charge in [0.15, 0.2) is 0 Å². The molecule has 0 bridgehead atoms. The van der Waals surface area contributed by atoms with Gasteiger partial charge < -0.3 is 14.5 Å². The maximum Gasteiger partial charge on any atom is 0.309 e. The van der Waals surface area contributed by atoms with E-state index in [1.54, 1.807) is 16.7 Å². The monoisotopic (exact) mass is 394 g/mol. The standard InChI is InChI=1S/C20H30N2O4S/c1-4-15(3)22(19(24)17-7-6-14-27-17)13-10-18(23)21-11-8-16(9-12-21)20(25)26-5-2/h6-7,14-16H,4-5,8-13H2,1-3H3. The molecule has 1 fully saturated rings. The molecule has 1 aliphatic rings. The molecule has 0 saturated carbocycles. The summed E-state index contributed by atoms with van der Waals surface area (Å²) in [5.74, 6) is -0.224. The van der Waals surface area contributed by atoms with Gasteiger partial charge in [-0.05, 0) is 44.6 Å². The Labute approximate surface area is 165 Å². The minimum Gasteiger partial charge on any atom is -0.466 e. The summed E-state index contributed by atoms with van der Waals surface area (Å²) in [7, 11) is 0. The molecular weight excluding hydrogens is 364 g/mol. The lowest BCUT2D eigenvalue weighted by Gasteiger charge is -2.32. The normalized spacial score (nSPS) is 16.0. The van der Waals surface area contributed by atoms with Crippen LogP contribution in [0.25, 0.3) is 0 Å². The highest BCUT2D eigenvalue weighted by atomic mass is 32.1. The molecule has 1 saturated heterocycles. The van der Waals surface area contributed by atoms with Crippen LogP contribution in [0.1, 0.15) is 56.1 Å². The van der Waals surface area contributed by atoms with Gasteiger partial charge in [-0.1, -0.05) is 13.0 Å². The minimum atomic E-state index is -0.158. The van der Waals surface area contributed by atoms with Crippen molar-refractivity contribution in [3.63, 3.8) is 0 Å². The molecule has 0 N–H and O–H groups in total. The SMILES string of the molecule is CCOC(=O)C1CCN(C(=O)CCN(C(=O)c2cccs2)C(C)CC)CC1. The number of hydrogen-bond donors (Lipinski definition) is 0. The predicted molar refractivity (Wildman–Crippen MR) is 106 cm³/mol. The summed E-state index contributed by atoms with van der Waals surface area (Å²) in [5, 5.41) is 1.89. The largest absolute Gasteiger partial charge is 0.466 e. The summed E-state index contributed by atoms with van der Waals surface area (Å²) in [4.78, 5) is 41.5. The third-order valence-corrected chi connectivity index (χ3v) is 6.01. The van der Waals surface area contributed by atoms with Crippen molar-refractivity contribution >= 4 is 29.1 Å². The van der Waals surface area contributed by atoms with E-state index in [0.717, 1.165) is 6.42 Å². The summed E-state index contributed by atoms with van der Waals surface area (Å²) in [6.07, 6.45) is 2.45. The molecule has 0 aliphatic carbocycles. The van der Waals surface area contributed by atoms with Crippen LogP contribution in [-0.4, -0.2) is 59.9 Å². The number of carbonyl (C=O) groups is 3. The minimum absolute atomic E-state index is 0.00632. The first-order valence-electron chi connectivity index (χ1n) is 9.76. The number of esters is 1. The number of nitrogens with zero attached hydrogens (tertiary/aromatic N) is 2. The van der Waals surface area contributed by atoms with E-state index >= 15 is 0 Å². The van der Waals surface area contributed by atoms with Gasteiger partial charge in [0.25, 0.3) is 5.91 Å². The van der Waals surface area contributed by atoms with Crippen LogP contribution in [0.5, 0.6) is 0 Å². The molecule has 2 rings (SSSR count). The van der Waals surface area contributed by atoms with Crippen molar-refractivity contribution in [3.8, 4) is 0 Å². The number of rotatable bonds is 8. The Kier molecular flexibility index (Phi) is 8.28. The lowest BCUT2D eigenvalue weighted by atomic mass is 9.97. The number of piperidine rings is 1. The number of thiophene rings is 1. The van der Waals surface area contributed by atoms with Crippen molar-refractivity contribution in [3.05, 3.63) is 22.4 Å². The molecule has 6 nitrogen and oxygen atoms in total. The highest BCUT2D eigenvalue weighted by molar-refractivity contribution is 7.12. The second kappa shape index (κ2) is 10.4. The molecule has 1 aromatic heterocycles. The quantitative estimate of drug-likeness (QED) is 0.635. The molecule has 27 heavy (non-hydrogen) atoms. The molecule has 0 aromatic carbocycles. The van der Waals surface area contributed by atoms with E-state index in [2.05, 4.69) is 0 Å². The topological polar surface area (TPSA) is 66.9 Å². The Morgan fingerprint density at radius 3 is 2.56 bits per heavy atom. The molecule has 1 unspecified atom stereocenters. The van der Waals surface area contributed by atoms with Gasteiger partial charge in [0.05, 0.1) is 17.4 Å². The second-order valence-corrected chi connectivity index (χ2v) is 7.84. The van der Waals surface area contributed by atoms with Crippen molar-refractivity contribution in [2.75, 3.05) is 26.2 Å². The van der Waals surface area contributed by atoms with Gasteiger partial charge in [-0.15, -0.1) is 11.3 Å². The first-order valence-corrected chi connectivity index (χ1v) is 10.6. The zero-order valence-electron chi connectivity index (χ0n) is 16.5. The van der Waals surface area contributed by atoms with Gasteiger partial charge in [0.2, 0.25) is 5.91 Å². The smallest absolute Gasteiger partial charge is 0.309 e. The summed E-state index contributed by atoms with van der Waals surface area (Å²) < 4.78 is 5.07. The fourth-order valence-corrected chi connectivity index (χ4v) is 3.96. The van der Waals surface area contributed by atoms with Crippen molar-refractivity contribution < 1.29 is 19.1 Å². The van der Waals surface area contributed by atoms with Gasteiger partial charge in [0.1, 0.15) is 0 Å². The lowest BCUT2D eigenvalue weighted by Crippen LogP contribution is -2.44. The number of carbonyl (C=O) groups excluding carboxylic acids is 3. The molecule has 2 amide bonds. The van der Waals surface area contributed by atoms with Crippen LogP contribution in [0.4, 0.5) is 0 Å². The van der Waals surface area contributed by atoms with E-state index in [0.29, 0.717) is 50.4 Å². The third-order valence-electron chi connectivity index (χ3n) is 5.15. The van der Waals surface area contributed by atoms with Gasteiger partial charge in [-0.3, -0.25) is 14.4 Å². The molecule has 7 heteroatoms. The zero-order valence-corrected chi connectivity index (χ0v) is 17.3. The Hall–Kier alpha value is -1.89. The molecular formula is C20H30N2O4S. The van der Waals surface area contributed by atoms with E-state index < -0.39 is 0 Å². The van der Waals surface area contributed by atoms with E-state index in [9.17, 15) is 14.4 Å². The highest BCUT2D eigenvalue weighted by Gasteiger charge is 2.29. The van der Waals surface area contributed by atoms with Gasteiger partial charge in [-0.2, -0.15) is 0 Å². The molecule has 150 valence electrons. The maximum absolute atomic E-state index is 12.7. The van der Waals surface area contributed by atoms with Crippen LogP contribution < -0.4 is 0 Å². The van der Waals surface area contributed by atoms with Crippen LogP contribution in [0, 0.1) is 5.92 Å². The second-order valence-electron chi connectivity index (χ2n) is 6.89. The molecule has 2 heterocycles. The highest BCUT2D eigenvalue weighted by Crippen LogP contribution is 2.20. The van der Waals surface area contributed by atoms with Crippen molar-refractivity contribution in [2.45, 2.75) is 52.5 Å². The third kappa shape index (κ3) is 5.79. The number of amides is 2. The molecule has 1 aliphatic heterocycles. The van der Waals surface area contributed by atoms with Crippen molar-refractivity contribution in [2.24, 2.45) is 5.92 Å². The fraction of sp³-hybridized carbons (Fsp3) is 0.650.